The number of amides is 2. The molecule has 0 spiro atoms. The Bertz CT molecular complexity index is 1410. The van der Waals surface area contributed by atoms with Gasteiger partial charge in [-0.05, 0) is 55.7 Å². The first-order chi connectivity index (χ1) is 20.5. The third-order valence-electron chi connectivity index (χ3n) is 8.72. The van der Waals surface area contributed by atoms with Gasteiger partial charge < -0.3 is 24.3 Å². The molecule has 2 fully saturated rings. The smallest absolute Gasteiger partial charge is 0.371 e. The van der Waals surface area contributed by atoms with E-state index in [2.05, 4.69) is 10.1 Å². The van der Waals surface area contributed by atoms with Gasteiger partial charge in [0, 0.05) is 50.5 Å². The summed E-state index contributed by atoms with van der Waals surface area (Å²) in [6, 6.07) is 13.7. The Balaban J connectivity index is 1.15. The Kier molecular flexibility index (Phi) is 9.03. The highest BCUT2D eigenvalue weighted by Gasteiger charge is 2.62. The van der Waals surface area contributed by atoms with Crippen LogP contribution in [-0.4, -0.2) is 71.3 Å². The van der Waals surface area contributed by atoms with Crippen LogP contribution in [0.15, 0.2) is 65.3 Å². The van der Waals surface area contributed by atoms with Gasteiger partial charge in [0.25, 0.3) is 17.4 Å². The molecule has 8 nitrogen and oxygen atoms in total. The summed E-state index contributed by atoms with van der Waals surface area (Å²) in [5.41, 5.74) is -2.72. The van der Waals surface area contributed by atoms with Gasteiger partial charge in [0.2, 0.25) is 0 Å². The number of alkyl halides is 3. The summed E-state index contributed by atoms with van der Waals surface area (Å²) in [5.74, 6) is -0.314. The van der Waals surface area contributed by atoms with Crippen LogP contribution in [-0.2, 0) is 16.9 Å². The van der Waals surface area contributed by atoms with Gasteiger partial charge in [-0.15, -0.1) is 0 Å². The van der Waals surface area contributed by atoms with Crippen molar-refractivity contribution in [1.29, 1.82) is 0 Å². The second-order valence-electron chi connectivity index (χ2n) is 11.3. The van der Waals surface area contributed by atoms with Crippen molar-refractivity contribution in [3.8, 4) is 0 Å². The lowest BCUT2D eigenvalue weighted by Crippen LogP contribution is -2.57. The first-order valence-electron chi connectivity index (χ1n) is 14.3. The minimum atomic E-state index is -5.14. The van der Waals surface area contributed by atoms with E-state index in [1.54, 1.807) is 25.2 Å². The quantitative estimate of drug-likeness (QED) is 0.376. The van der Waals surface area contributed by atoms with Crippen molar-refractivity contribution in [2.75, 3.05) is 38.1 Å². The topological polar surface area (TPSA) is 90.1 Å². The average Bonchev–Trinajstić information content (AvgIpc) is 3.53. The molecule has 0 bridgehead atoms. The third kappa shape index (κ3) is 6.38. The van der Waals surface area contributed by atoms with E-state index < -0.39 is 23.2 Å². The molecule has 2 aliphatic heterocycles. The average molecular weight is 619 g/mol. The number of halogens is 4. The molecule has 0 aliphatic carbocycles. The summed E-state index contributed by atoms with van der Waals surface area (Å²) in [7, 11) is 1.67. The van der Waals surface area contributed by atoms with E-state index in [-0.39, 0.29) is 31.5 Å². The van der Waals surface area contributed by atoms with E-state index in [4.69, 9.17) is 16.1 Å². The Hall–Kier alpha value is -3.57. The summed E-state index contributed by atoms with van der Waals surface area (Å²) in [6.45, 7) is 2.17. The lowest BCUT2D eigenvalue weighted by atomic mass is 9.78. The molecule has 2 saturated heterocycles. The number of carbonyl (C=O) groups is 2. The van der Waals surface area contributed by atoms with E-state index in [1.807, 2.05) is 6.07 Å². The van der Waals surface area contributed by atoms with Crippen LogP contribution in [0.2, 0.25) is 5.02 Å². The highest BCUT2D eigenvalue weighted by atomic mass is 35.5. The summed E-state index contributed by atoms with van der Waals surface area (Å²) in [5, 5.41) is 14.7. The van der Waals surface area contributed by atoms with Crippen LogP contribution >= 0.6 is 11.6 Å². The maximum absolute atomic E-state index is 14.0. The molecule has 3 aromatic rings. The number of hydrogen-bond acceptors (Lipinski definition) is 6. The maximum Gasteiger partial charge on any atom is 0.430 e. The molecule has 43 heavy (non-hydrogen) atoms. The molecular formula is C31H34ClF3N4O4. The zero-order chi connectivity index (χ0) is 30.8. The van der Waals surface area contributed by atoms with Crippen LogP contribution in [0.25, 0.3) is 0 Å². The number of carbonyl (C=O) groups excluding carboxylic acids is 2. The SMILES string of the molecule is CN(Cc1ccno1)C(=O)c1ccc(N2CCC(C3CCN(C(=O)[C@](O)(c4ccccc4)C(F)(F)F)CC3)CC2)cc1Cl. The molecule has 0 unspecified atom stereocenters. The van der Waals surface area contributed by atoms with E-state index in [0.29, 0.717) is 35.1 Å². The standard InChI is InChI=1S/C31H34ClF3N4O4/c1-37(20-25-9-14-36-43-25)28(40)26-8-7-24(19-27(26)32)38-15-10-21(11-16-38)22-12-17-39(18-13-22)29(41)30(42,31(33,34)35)23-5-3-2-4-6-23/h2-9,14,19,21-22,42H,10-13,15-18,20H2,1H3/t30-/m1/s1. The molecule has 2 aliphatic rings. The van der Waals surface area contributed by atoms with E-state index in [0.717, 1.165) is 48.7 Å². The highest BCUT2D eigenvalue weighted by molar-refractivity contribution is 6.34. The fourth-order valence-electron chi connectivity index (χ4n) is 6.23. The van der Waals surface area contributed by atoms with Gasteiger partial charge in [-0.1, -0.05) is 47.1 Å². The van der Waals surface area contributed by atoms with Crippen molar-refractivity contribution in [2.45, 2.75) is 44.0 Å². The Morgan fingerprint density at radius 3 is 2.19 bits per heavy atom. The van der Waals surface area contributed by atoms with Gasteiger partial charge in [-0.2, -0.15) is 13.2 Å². The number of likely N-dealkylation sites (tertiary alicyclic amines) is 1. The fraction of sp³-hybridized carbons (Fsp3) is 0.452. The monoisotopic (exact) mass is 618 g/mol. The molecule has 230 valence electrons. The summed E-state index contributed by atoms with van der Waals surface area (Å²) in [6.07, 6.45) is -0.655. The van der Waals surface area contributed by atoms with Gasteiger partial charge in [0.1, 0.15) is 0 Å². The van der Waals surface area contributed by atoms with Gasteiger partial charge in [0.05, 0.1) is 23.3 Å². The number of anilines is 1. The van der Waals surface area contributed by atoms with Crippen molar-refractivity contribution < 1.29 is 32.4 Å². The fourth-order valence-corrected chi connectivity index (χ4v) is 6.48. The molecule has 1 aromatic heterocycles. The van der Waals surface area contributed by atoms with Gasteiger partial charge in [-0.3, -0.25) is 9.59 Å². The summed E-state index contributed by atoms with van der Waals surface area (Å²) in [4.78, 5) is 30.9. The lowest BCUT2D eigenvalue weighted by molar-refractivity contribution is -0.262. The van der Waals surface area contributed by atoms with Gasteiger partial charge in [-0.25, -0.2) is 0 Å². The van der Waals surface area contributed by atoms with Gasteiger partial charge in [0.15, 0.2) is 5.76 Å². The molecule has 2 aromatic carbocycles. The Morgan fingerprint density at radius 1 is 1.00 bits per heavy atom. The van der Waals surface area contributed by atoms with Crippen molar-refractivity contribution in [2.24, 2.45) is 11.8 Å². The van der Waals surface area contributed by atoms with E-state index >= 15 is 0 Å². The largest absolute Gasteiger partial charge is 0.430 e. The van der Waals surface area contributed by atoms with Crippen LogP contribution in [0, 0.1) is 11.8 Å². The molecule has 1 atom stereocenters. The number of piperidine rings is 2. The zero-order valence-electron chi connectivity index (χ0n) is 23.8. The summed E-state index contributed by atoms with van der Waals surface area (Å²) >= 11 is 6.53. The number of rotatable bonds is 7. The van der Waals surface area contributed by atoms with Crippen molar-refractivity contribution in [3.05, 3.63) is 82.7 Å². The van der Waals surface area contributed by atoms with Crippen LogP contribution < -0.4 is 4.90 Å². The predicted molar refractivity (Wildman–Crippen MR) is 154 cm³/mol. The molecule has 0 saturated carbocycles. The molecule has 12 heteroatoms. The molecule has 2 amide bonds. The first-order valence-corrected chi connectivity index (χ1v) is 14.7. The molecule has 3 heterocycles. The number of benzene rings is 2. The Labute approximate surface area is 253 Å². The number of aromatic nitrogens is 1. The number of aliphatic hydroxyl groups is 1. The van der Waals surface area contributed by atoms with Gasteiger partial charge >= 0.3 is 6.18 Å². The first kappa shape index (κ1) is 30.9. The van der Waals surface area contributed by atoms with Crippen LogP contribution in [0.1, 0.15) is 47.4 Å². The van der Waals surface area contributed by atoms with Crippen LogP contribution in [0.5, 0.6) is 0 Å². The minimum absolute atomic E-state index is 0.172. The van der Waals surface area contributed by atoms with Crippen LogP contribution in [0.3, 0.4) is 0 Å². The molecule has 0 radical (unpaired) electrons. The molecule has 5 rings (SSSR count). The lowest BCUT2D eigenvalue weighted by Gasteiger charge is -2.42. The highest BCUT2D eigenvalue weighted by Crippen LogP contribution is 2.42. The predicted octanol–water partition coefficient (Wildman–Crippen LogP) is 5.51. The van der Waals surface area contributed by atoms with Crippen molar-refractivity contribution in [1.82, 2.24) is 15.0 Å². The van der Waals surface area contributed by atoms with E-state index in [1.165, 1.54) is 29.3 Å². The third-order valence-corrected chi connectivity index (χ3v) is 9.04. The minimum Gasteiger partial charge on any atom is -0.371 e. The van der Waals surface area contributed by atoms with Crippen molar-refractivity contribution in [3.63, 3.8) is 0 Å². The van der Waals surface area contributed by atoms with Crippen molar-refractivity contribution >= 4 is 29.1 Å². The Morgan fingerprint density at radius 2 is 1.63 bits per heavy atom. The second kappa shape index (κ2) is 12.6. The van der Waals surface area contributed by atoms with Crippen LogP contribution in [0.4, 0.5) is 18.9 Å². The normalized spacial score (nSPS) is 18.4. The number of nitrogens with zero attached hydrogens (tertiary/aromatic N) is 4. The summed E-state index contributed by atoms with van der Waals surface area (Å²) < 4.78 is 47.1. The second-order valence-corrected chi connectivity index (χ2v) is 11.7. The zero-order valence-corrected chi connectivity index (χ0v) is 24.5. The van der Waals surface area contributed by atoms with E-state index in [9.17, 15) is 27.9 Å². The maximum atomic E-state index is 14.0. The molecule has 1 N–H and O–H groups in total. The molecular weight excluding hydrogens is 585 g/mol. The number of hydrogen-bond donors (Lipinski definition) is 1.